The topological polar surface area (TPSA) is 3.24 Å². The standard InChI is InChI=1S/C24H23N/c1-3-10-20(11-4-1)12-9-17-24-23-16-8-7-13-21(23)18-19-25(24)22-14-5-2-6-15-22/h1-16,24H,17-19H2/b12-9-. The van der Waals surface area contributed by atoms with Gasteiger partial charge in [0, 0.05) is 12.2 Å². The van der Waals surface area contributed by atoms with E-state index in [4.69, 9.17) is 0 Å². The van der Waals surface area contributed by atoms with Crippen LogP contribution in [0.5, 0.6) is 0 Å². The molecule has 4 rings (SSSR count). The van der Waals surface area contributed by atoms with E-state index in [-0.39, 0.29) is 0 Å². The largest absolute Gasteiger partial charge is 0.364 e. The van der Waals surface area contributed by atoms with Crippen LogP contribution in [-0.2, 0) is 6.42 Å². The second-order valence-corrected chi connectivity index (χ2v) is 6.54. The van der Waals surface area contributed by atoms with Crippen LogP contribution in [0.1, 0.15) is 29.2 Å². The quantitative estimate of drug-likeness (QED) is 0.578. The third-order valence-electron chi connectivity index (χ3n) is 4.97. The number of rotatable bonds is 4. The Hall–Kier alpha value is -2.80. The van der Waals surface area contributed by atoms with Crippen LogP contribution in [0.2, 0.25) is 0 Å². The average molecular weight is 325 g/mol. The molecular formula is C24H23N. The number of benzene rings is 3. The maximum absolute atomic E-state index is 2.55. The first kappa shape index (κ1) is 15.7. The highest BCUT2D eigenvalue weighted by Crippen LogP contribution is 2.36. The molecule has 1 aliphatic heterocycles. The van der Waals surface area contributed by atoms with E-state index in [1.807, 2.05) is 0 Å². The third-order valence-corrected chi connectivity index (χ3v) is 4.97. The summed E-state index contributed by atoms with van der Waals surface area (Å²) in [5.41, 5.74) is 5.54. The summed E-state index contributed by atoms with van der Waals surface area (Å²) in [6.07, 6.45) is 6.68. The van der Waals surface area contributed by atoms with Crippen LogP contribution in [0.15, 0.2) is 91.0 Å². The molecule has 0 fully saturated rings. The zero-order valence-electron chi connectivity index (χ0n) is 14.4. The van der Waals surface area contributed by atoms with Gasteiger partial charge in [-0.05, 0) is 41.7 Å². The van der Waals surface area contributed by atoms with Crippen molar-refractivity contribution in [2.45, 2.75) is 18.9 Å². The Balaban J connectivity index is 1.63. The average Bonchev–Trinajstić information content (AvgIpc) is 2.69. The monoisotopic (exact) mass is 325 g/mol. The Kier molecular flexibility index (Phi) is 4.65. The zero-order chi connectivity index (χ0) is 16.9. The van der Waals surface area contributed by atoms with E-state index in [1.165, 1.54) is 22.4 Å². The van der Waals surface area contributed by atoms with Gasteiger partial charge in [-0.3, -0.25) is 0 Å². The number of anilines is 1. The van der Waals surface area contributed by atoms with E-state index in [1.54, 1.807) is 0 Å². The van der Waals surface area contributed by atoms with Crippen molar-refractivity contribution in [3.05, 3.63) is 108 Å². The van der Waals surface area contributed by atoms with Crippen LogP contribution in [0.25, 0.3) is 6.08 Å². The first-order valence-electron chi connectivity index (χ1n) is 9.03. The molecule has 0 N–H and O–H groups in total. The molecule has 25 heavy (non-hydrogen) atoms. The smallest absolute Gasteiger partial charge is 0.0579 e. The Bertz CT molecular complexity index is 836. The maximum atomic E-state index is 2.55. The second-order valence-electron chi connectivity index (χ2n) is 6.54. The summed E-state index contributed by atoms with van der Waals surface area (Å²) in [4.78, 5) is 2.55. The van der Waals surface area contributed by atoms with E-state index < -0.39 is 0 Å². The van der Waals surface area contributed by atoms with Gasteiger partial charge in [0.2, 0.25) is 0 Å². The molecule has 0 amide bonds. The summed E-state index contributed by atoms with van der Waals surface area (Å²) in [5.74, 6) is 0. The van der Waals surface area contributed by atoms with Crippen molar-refractivity contribution in [3.63, 3.8) is 0 Å². The van der Waals surface area contributed by atoms with Crippen molar-refractivity contribution in [1.82, 2.24) is 0 Å². The van der Waals surface area contributed by atoms with Gasteiger partial charge in [-0.25, -0.2) is 0 Å². The molecule has 124 valence electrons. The Morgan fingerprint density at radius 3 is 2.28 bits per heavy atom. The molecular weight excluding hydrogens is 302 g/mol. The van der Waals surface area contributed by atoms with Crippen LogP contribution in [0.3, 0.4) is 0 Å². The fraction of sp³-hybridized carbons (Fsp3) is 0.167. The first-order chi connectivity index (χ1) is 12.4. The minimum atomic E-state index is 0.396. The SMILES string of the molecule is C(=C/c1ccccc1)/CC1c2ccccc2CCN1c1ccccc1. The summed E-state index contributed by atoms with van der Waals surface area (Å²) in [7, 11) is 0. The summed E-state index contributed by atoms with van der Waals surface area (Å²) in [5, 5.41) is 0. The number of para-hydroxylation sites is 1. The van der Waals surface area contributed by atoms with Gasteiger partial charge in [0.05, 0.1) is 6.04 Å². The lowest BCUT2D eigenvalue weighted by Crippen LogP contribution is -2.35. The van der Waals surface area contributed by atoms with Gasteiger partial charge in [-0.2, -0.15) is 0 Å². The predicted molar refractivity (Wildman–Crippen MR) is 107 cm³/mol. The van der Waals surface area contributed by atoms with E-state index in [9.17, 15) is 0 Å². The van der Waals surface area contributed by atoms with Crippen molar-refractivity contribution in [2.24, 2.45) is 0 Å². The fourth-order valence-corrected chi connectivity index (χ4v) is 3.73. The van der Waals surface area contributed by atoms with Crippen molar-refractivity contribution in [2.75, 3.05) is 11.4 Å². The van der Waals surface area contributed by atoms with Crippen LogP contribution < -0.4 is 4.90 Å². The van der Waals surface area contributed by atoms with Gasteiger partial charge < -0.3 is 4.90 Å². The lowest BCUT2D eigenvalue weighted by molar-refractivity contribution is 0.589. The molecule has 1 atom stereocenters. The molecule has 0 aliphatic carbocycles. The highest BCUT2D eigenvalue weighted by atomic mass is 15.2. The molecule has 1 heterocycles. The van der Waals surface area contributed by atoms with E-state index >= 15 is 0 Å². The minimum absolute atomic E-state index is 0.396. The van der Waals surface area contributed by atoms with Crippen LogP contribution in [0, 0.1) is 0 Å². The highest BCUT2D eigenvalue weighted by molar-refractivity contribution is 5.54. The molecule has 0 bridgehead atoms. The molecule has 0 radical (unpaired) electrons. The predicted octanol–water partition coefficient (Wildman–Crippen LogP) is 5.89. The van der Waals surface area contributed by atoms with E-state index in [2.05, 4.69) is 102 Å². The fourth-order valence-electron chi connectivity index (χ4n) is 3.73. The zero-order valence-corrected chi connectivity index (χ0v) is 14.4. The summed E-state index contributed by atoms with van der Waals surface area (Å²) >= 11 is 0. The van der Waals surface area contributed by atoms with E-state index in [0.29, 0.717) is 6.04 Å². The molecule has 1 aliphatic rings. The molecule has 0 saturated heterocycles. The van der Waals surface area contributed by atoms with Gasteiger partial charge in [-0.1, -0.05) is 84.9 Å². The molecule has 1 nitrogen and oxygen atoms in total. The lowest BCUT2D eigenvalue weighted by atomic mass is 9.90. The van der Waals surface area contributed by atoms with E-state index in [0.717, 1.165) is 19.4 Å². The van der Waals surface area contributed by atoms with Gasteiger partial charge in [0.1, 0.15) is 0 Å². The van der Waals surface area contributed by atoms with Gasteiger partial charge >= 0.3 is 0 Å². The third kappa shape index (κ3) is 3.51. The van der Waals surface area contributed by atoms with Crippen LogP contribution in [0.4, 0.5) is 5.69 Å². The number of hydrogen-bond acceptors (Lipinski definition) is 1. The second kappa shape index (κ2) is 7.40. The van der Waals surface area contributed by atoms with Crippen molar-refractivity contribution >= 4 is 11.8 Å². The van der Waals surface area contributed by atoms with Gasteiger partial charge in [0.15, 0.2) is 0 Å². The summed E-state index contributed by atoms with van der Waals surface area (Å²) in [6, 6.07) is 30.7. The van der Waals surface area contributed by atoms with Crippen LogP contribution in [-0.4, -0.2) is 6.54 Å². The number of nitrogens with zero attached hydrogens (tertiary/aromatic N) is 1. The Morgan fingerprint density at radius 2 is 1.48 bits per heavy atom. The highest BCUT2D eigenvalue weighted by Gasteiger charge is 2.26. The summed E-state index contributed by atoms with van der Waals surface area (Å²) in [6.45, 7) is 1.07. The number of fused-ring (bicyclic) bond motifs is 1. The van der Waals surface area contributed by atoms with Crippen molar-refractivity contribution in [1.29, 1.82) is 0 Å². The molecule has 0 saturated carbocycles. The molecule has 3 aromatic rings. The minimum Gasteiger partial charge on any atom is -0.364 e. The molecule has 1 unspecified atom stereocenters. The van der Waals surface area contributed by atoms with Crippen molar-refractivity contribution in [3.8, 4) is 0 Å². The molecule has 0 spiro atoms. The molecule has 0 aromatic heterocycles. The maximum Gasteiger partial charge on any atom is 0.0579 e. The van der Waals surface area contributed by atoms with Crippen LogP contribution >= 0.6 is 0 Å². The first-order valence-corrected chi connectivity index (χ1v) is 9.03. The van der Waals surface area contributed by atoms with Gasteiger partial charge in [0.25, 0.3) is 0 Å². The molecule has 3 aromatic carbocycles. The van der Waals surface area contributed by atoms with Gasteiger partial charge in [-0.15, -0.1) is 0 Å². The normalized spacial score (nSPS) is 16.8. The lowest BCUT2D eigenvalue weighted by Gasteiger charge is -2.38. The Morgan fingerprint density at radius 1 is 0.800 bits per heavy atom. The summed E-state index contributed by atoms with van der Waals surface area (Å²) < 4.78 is 0. The number of hydrogen-bond donors (Lipinski definition) is 0. The Labute approximate surface area is 150 Å². The van der Waals surface area contributed by atoms with Crippen molar-refractivity contribution < 1.29 is 0 Å². The molecule has 1 heteroatoms.